The smallest absolute Gasteiger partial charge is 0.156 e. The molecular formula is C15H22Cl2N2O. The van der Waals surface area contributed by atoms with Crippen LogP contribution in [0.4, 0.5) is 0 Å². The third kappa shape index (κ3) is 4.01. The highest BCUT2D eigenvalue weighted by Gasteiger charge is 2.27. The van der Waals surface area contributed by atoms with Gasteiger partial charge in [0.2, 0.25) is 0 Å². The highest BCUT2D eigenvalue weighted by atomic mass is 35.5. The molecule has 1 saturated heterocycles. The SMILES string of the molecule is CNC1(C)CCN(CCOc2c(Cl)cccc2Cl)CC1. The molecule has 0 unspecified atom stereocenters. The van der Waals surface area contributed by atoms with E-state index in [1.807, 2.05) is 13.1 Å². The average Bonchev–Trinajstić information content (AvgIpc) is 2.44. The number of rotatable bonds is 5. The van der Waals surface area contributed by atoms with E-state index >= 15 is 0 Å². The number of hydrogen-bond acceptors (Lipinski definition) is 3. The van der Waals surface area contributed by atoms with E-state index in [4.69, 9.17) is 27.9 Å². The zero-order valence-corrected chi connectivity index (χ0v) is 13.6. The van der Waals surface area contributed by atoms with E-state index in [0.29, 0.717) is 22.4 Å². The summed E-state index contributed by atoms with van der Waals surface area (Å²) in [6.45, 7) is 5.99. The highest BCUT2D eigenvalue weighted by molar-refractivity contribution is 6.37. The van der Waals surface area contributed by atoms with Crippen molar-refractivity contribution in [3.63, 3.8) is 0 Å². The highest BCUT2D eigenvalue weighted by Crippen LogP contribution is 2.32. The van der Waals surface area contributed by atoms with Crippen LogP contribution in [0.15, 0.2) is 18.2 Å². The summed E-state index contributed by atoms with van der Waals surface area (Å²) in [6, 6.07) is 5.41. The molecule has 0 atom stereocenters. The maximum absolute atomic E-state index is 6.08. The first-order chi connectivity index (χ1) is 9.54. The fraction of sp³-hybridized carbons (Fsp3) is 0.600. The van der Waals surface area contributed by atoms with Crippen LogP contribution in [0.3, 0.4) is 0 Å². The molecule has 0 saturated carbocycles. The average molecular weight is 317 g/mol. The molecule has 0 aromatic heterocycles. The number of nitrogens with zero attached hydrogens (tertiary/aromatic N) is 1. The van der Waals surface area contributed by atoms with Crippen LogP contribution in [-0.4, -0.2) is 43.7 Å². The summed E-state index contributed by atoms with van der Waals surface area (Å²) < 4.78 is 5.73. The summed E-state index contributed by atoms with van der Waals surface area (Å²) in [6.07, 6.45) is 2.33. The minimum atomic E-state index is 0.281. The van der Waals surface area contributed by atoms with Crippen molar-refractivity contribution in [3.05, 3.63) is 28.2 Å². The molecule has 20 heavy (non-hydrogen) atoms. The van der Waals surface area contributed by atoms with Crippen molar-refractivity contribution in [2.24, 2.45) is 0 Å². The lowest BCUT2D eigenvalue weighted by Gasteiger charge is -2.39. The van der Waals surface area contributed by atoms with Gasteiger partial charge in [-0.2, -0.15) is 0 Å². The molecule has 1 aromatic rings. The molecular weight excluding hydrogens is 295 g/mol. The number of benzene rings is 1. The van der Waals surface area contributed by atoms with Gasteiger partial charge in [0.25, 0.3) is 0 Å². The number of halogens is 2. The van der Waals surface area contributed by atoms with Gasteiger partial charge in [-0.25, -0.2) is 0 Å². The van der Waals surface area contributed by atoms with Gasteiger partial charge in [-0.1, -0.05) is 29.3 Å². The quantitative estimate of drug-likeness (QED) is 0.900. The third-order valence-corrected chi connectivity index (χ3v) is 4.73. The van der Waals surface area contributed by atoms with Crippen LogP contribution in [0.1, 0.15) is 19.8 Å². The number of nitrogens with one attached hydrogen (secondary N) is 1. The lowest BCUT2D eigenvalue weighted by molar-refractivity contribution is 0.132. The first-order valence-electron chi connectivity index (χ1n) is 7.02. The fourth-order valence-corrected chi connectivity index (χ4v) is 2.92. The van der Waals surface area contributed by atoms with Gasteiger partial charge in [-0.15, -0.1) is 0 Å². The van der Waals surface area contributed by atoms with Crippen molar-refractivity contribution in [1.29, 1.82) is 0 Å². The topological polar surface area (TPSA) is 24.5 Å². The van der Waals surface area contributed by atoms with Gasteiger partial charge in [0, 0.05) is 25.2 Å². The van der Waals surface area contributed by atoms with Crippen LogP contribution in [-0.2, 0) is 0 Å². The molecule has 112 valence electrons. The molecule has 1 aliphatic heterocycles. The van der Waals surface area contributed by atoms with Crippen molar-refractivity contribution < 1.29 is 4.74 Å². The summed E-state index contributed by atoms with van der Waals surface area (Å²) >= 11 is 12.2. The molecule has 0 radical (unpaired) electrons. The van der Waals surface area contributed by atoms with Gasteiger partial charge in [0.05, 0.1) is 10.0 Å². The van der Waals surface area contributed by atoms with E-state index in [1.165, 1.54) is 0 Å². The Hall–Kier alpha value is -0.480. The maximum Gasteiger partial charge on any atom is 0.156 e. The van der Waals surface area contributed by atoms with Crippen molar-refractivity contribution in [2.45, 2.75) is 25.3 Å². The lowest BCUT2D eigenvalue weighted by atomic mass is 9.90. The van der Waals surface area contributed by atoms with Crippen LogP contribution in [0.2, 0.25) is 10.0 Å². The standard InChI is InChI=1S/C15H22Cl2N2O/c1-15(18-2)6-8-19(9-7-15)10-11-20-14-12(16)4-3-5-13(14)17/h3-5,18H,6-11H2,1-2H3. The molecule has 5 heteroatoms. The Morgan fingerprint density at radius 2 is 1.85 bits per heavy atom. The molecule has 2 rings (SSSR count). The van der Waals surface area contributed by atoms with E-state index in [9.17, 15) is 0 Å². The van der Waals surface area contributed by atoms with Gasteiger partial charge in [0.15, 0.2) is 5.75 Å². The molecule has 0 bridgehead atoms. The predicted octanol–water partition coefficient (Wildman–Crippen LogP) is 3.45. The summed E-state index contributed by atoms with van der Waals surface area (Å²) in [4.78, 5) is 2.42. The Balaban J connectivity index is 1.77. The van der Waals surface area contributed by atoms with Crippen molar-refractivity contribution in [1.82, 2.24) is 10.2 Å². The minimum absolute atomic E-state index is 0.281. The summed E-state index contributed by atoms with van der Waals surface area (Å²) in [5.41, 5.74) is 0.281. The Bertz CT molecular complexity index is 425. The second-order valence-corrected chi connectivity index (χ2v) is 6.37. The normalized spacial score (nSPS) is 19.0. The molecule has 1 aliphatic rings. The maximum atomic E-state index is 6.08. The fourth-order valence-electron chi connectivity index (χ4n) is 2.42. The Morgan fingerprint density at radius 3 is 2.40 bits per heavy atom. The van der Waals surface area contributed by atoms with Gasteiger partial charge in [-0.05, 0) is 38.9 Å². The van der Waals surface area contributed by atoms with Gasteiger partial charge >= 0.3 is 0 Å². The second kappa shape index (κ2) is 6.99. The van der Waals surface area contributed by atoms with Crippen LogP contribution in [0, 0.1) is 0 Å². The van der Waals surface area contributed by atoms with E-state index in [1.54, 1.807) is 12.1 Å². The van der Waals surface area contributed by atoms with Crippen LogP contribution in [0.5, 0.6) is 5.75 Å². The van der Waals surface area contributed by atoms with Gasteiger partial charge in [0.1, 0.15) is 6.61 Å². The molecule has 1 aromatic carbocycles. The first-order valence-corrected chi connectivity index (χ1v) is 7.78. The van der Waals surface area contributed by atoms with E-state index in [0.717, 1.165) is 32.5 Å². The number of ether oxygens (including phenoxy) is 1. The van der Waals surface area contributed by atoms with E-state index in [-0.39, 0.29) is 5.54 Å². The number of para-hydroxylation sites is 1. The monoisotopic (exact) mass is 316 g/mol. The first kappa shape index (κ1) is 15.9. The second-order valence-electron chi connectivity index (χ2n) is 5.55. The van der Waals surface area contributed by atoms with Crippen LogP contribution < -0.4 is 10.1 Å². The van der Waals surface area contributed by atoms with Crippen molar-refractivity contribution in [2.75, 3.05) is 33.3 Å². The minimum Gasteiger partial charge on any atom is -0.489 e. The number of piperidine rings is 1. The van der Waals surface area contributed by atoms with Crippen molar-refractivity contribution in [3.8, 4) is 5.75 Å². The number of likely N-dealkylation sites (tertiary alicyclic amines) is 1. The molecule has 1 fully saturated rings. The van der Waals surface area contributed by atoms with Gasteiger partial charge < -0.3 is 10.1 Å². The molecule has 0 aliphatic carbocycles. The molecule has 0 spiro atoms. The van der Waals surface area contributed by atoms with E-state index in [2.05, 4.69) is 17.1 Å². The summed E-state index contributed by atoms with van der Waals surface area (Å²) in [5.74, 6) is 0.591. The number of hydrogen-bond donors (Lipinski definition) is 1. The molecule has 1 N–H and O–H groups in total. The summed E-state index contributed by atoms with van der Waals surface area (Å²) in [7, 11) is 2.04. The van der Waals surface area contributed by atoms with E-state index < -0.39 is 0 Å². The largest absolute Gasteiger partial charge is 0.489 e. The summed E-state index contributed by atoms with van der Waals surface area (Å²) in [5, 5.41) is 4.54. The lowest BCUT2D eigenvalue weighted by Crippen LogP contribution is -2.50. The third-order valence-electron chi connectivity index (χ3n) is 4.14. The molecule has 0 amide bonds. The van der Waals surface area contributed by atoms with Crippen LogP contribution >= 0.6 is 23.2 Å². The Labute approximate surface area is 131 Å². The van der Waals surface area contributed by atoms with Crippen LogP contribution in [0.25, 0.3) is 0 Å². The zero-order valence-electron chi connectivity index (χ0n) is 12.1. The molecule has 3 nitrogen and oxygen atoms in total. The van der Waals surface area contributed by atoms with Gasteiger partial charge in [-0.3, -0.25) is 4.90 Å². The Morgan fingerprint density at radius 1 is 1.25 bits per heavy atom. The van der Waals surface area contributed by atoms with Crippen molar-refractivity contribution >= 4 is 23.2 Å². The Kier molecular flexibility index (Phi) is 5.56. The zero-order chi connectivity index (χ0) is 14.6. The molecule has 1 heterocycles. The predicted molar refractivity (Wildman–Crippen MR) is 85.1 cm³/mol.